The fraction of sp³-hybridized carbons (Fsp3) is 0.412. The molecule has 0 spiro atoms. The Bertz CT molecular complexity index is 673. The zero-order valence-electron chi connectivity index (χ0n) is 14.1. The lowest BCUT2D eigenvalue weighted by atomic mass is 10.1. The van der Waals surface area contributed by atoms with Crippen molar-refractivity contribution >= 4 is 5.96 Å². The minimum atomic E-state index is -0.569. The quantitative estimate of drug-likeness (QED) is 0.629. The Morgan fingerprint density at radius 2 is 1.88 bits per heavy atom. The smallest absolute Gasteiger partial charge is 0.216 e. The maximum atomic E-state index is 13.2. The molecule has 0 saturated heterocycles. The van der Waals surface area contributed by atoms with Gasteiger partial charge in [-0.2, -0.15) is 0 Å². The van der Waals surface area contributed by atoms with Gasteiger partial charge in [0, 0.05) is 19.2 Å². The highest BCUT2D eigenvalue weighted by atomic mass is 19.1. The number of aliphatic imine (C=N–C) groups is 1. The second-order valence-electron chi connectivity index (χ2n) is 5.40. The Morgan fingerprint density at radius 3 is 2.46 bits per heavy atom. The third kappa shape index (κ3) is 5.33. The van der Waals surface area contributed by atoms with Crippen molar-refractivity contribution in [3.63, 3.8) is 0 Å². The van der Waals surface area contributed by atoms with Crippen LogP contribution in [0, 0.1) is 25.5 Å². The Hall–Kier alpha value is -2.44. The van der Waals surface area contributed by atoms with E-state index in [1.807, 2.05) is 20.8 Å². The first-order valence-electron chi connectivity index (χ1n) is 7.88. The van der Waals surface area contributed by atoms with Crippen LogP contribution >= 0.6 is 0 Å². The van der Waals surface area contributed by atoms with Crippen LogP contribution in [-0.2, 0) is 13.0 Å². The highest BCUT2D eigenvalue weighted by Crippen LogP contribution is 2.09. The summed E-state index contributed by atoms with van der Waals surface area (Å²) in [5.41, 5.74) is 1.45. The van der Waals surface area contributed by atoms with Crippen LogP contribution in [0.5, 0.6) is 0 Å². The van der Waals surface area contributed by atoms with Crippen molar-refractivity contribution in [2.75, 3.05) is 13.1 Å². The third-order valence-corrected chi connectivity index (χ3v) is 3.42. The molecule has 5 nitrogen and oxygen atoms in total. The van der Waals surface area contributed by atoms with Crippen LogP contribution in [0.2, 0.25) is 0 Å². The molecular weight excluding hydrogens is 314 g/mol. The largest absolute Gasteiger partial charge is 0.444 e. The number of benzene rings is 1. The molecule has 1 aromatic heterocycles. The molecule has 7 heteroatoms. The van der Waals surface area contributed by atoms with Crippen molar-refractivity contribution < 1.29 is 13.2 Å². The van der Waals surface area contributed by atoms with Crippen LogP contribution in [0.1, 0.15) is 29.8 Å². The molecule has 0 atom stereocenters. The molecule has 2 rings (SSSR count). The van der Waals surface area contributed by atoms with E-state index < -0.39 is 11.6 Å². The maximum Gasteiger partial charge on any atom is 0.216 e. The first kappa shape index (κ1) is 17.9. The van der Waals surface area contributed by atoms with Gasteiger partial charge in [0.1, 0.15) is 23.9 Å². The molecule has 0 aliphatic heterocycles. The lowest BCUT2D eigenvalue weighted by molar-refractivity contribution is 0.473. The molecule has 24 heavy (non-hydrogen) atoms. The number of nitrogens with zero attached hydrogens (tertiary/aromatic N) is 2. The zero-order valence-corrected chi connectivity index (χ0v) is 14.1. The van der Waals surface area contributed by atoms with Gasteiger partial charge in [0.05, 0.1) is 5.69 Å². The zero-order chi connectivity index (χ0) is 17.5. The van der Waals surface area contributed by atoms with E-state index >= 15 is 0 Å². The van der Waals surface area contributed by atoms with E-state index in [0.29, 0.717) is 43.5 Å². The topological polar surface area (TPSA) is 62.5 Å². The summed E-state index contributed by atoms with van der Waals surface area (Å²) in [5.74, 6) is 0.795. The SMILES string of the molecule is CCNC(=NCc1nc(C)c(C)o1)NCCc1cc(F)cc(F)c1. The van der Waals surface area contributed by atoms with Crippen molar-refractivity contribution in [3.8, 4) is 0 Å². The van der Waals surface area contributed by atoms with Gasteiger partial charge in [0.2, 0.25) is 5.89 Å². The van der Waals surface area contributed by atoms with E-state index in [4.69, 9.17) is 4.42 Å². The van der Waals surface area contributed by atoms with E-state index in [0.717, 1.165) is 17.5 Å². The molecule has 1 aromatic carbocycles. The monoisotopic (exact) mass is 336 g/mol. The second kappa shape index (κ2) is 8.42. The van der Waals surface area contributed by atoms with E-state index in [2.05, 4.69) is 20.6 Å². The molecule has 0 saturated carbocycles. The predicted octanol–water partition coefficient (Wildman–Crippen LogP) is 2.87. The fourth-order valence-corrected chi connectivity index (χ4v) is 2.18. The number of aryl methyl sites for hydroxylation is 2. The van der Waals surface area contributed by atoms with Crippen LogP contribution in [0.25, 0.3) is 0 Å². The molecule has 0 unspecified atom stereocenters. The van der Waals surface area contributed by atoms with E-state index in [1.165, 1.54) is 12.1 Å². The van der Waals surface area contributed by atoms with Crippen molar-refractivity contribution in [1.29, 1.82) is 0 Å². The number of aromatic nitrogens is 1. The summed E-state index contributed by atoms with van der Waals surface area (Å²) in [6.45, 7) is 7.21. The van der Waals surface area contributed by atoms with Crippen LogP contribution in [0.4, 0.5) is 8.78 Å². The Labute approximate surface area is 140 Å². The van der Waals surface area contributed by atoms with Crippen molar-refractivity contribution in [3.05, 3.63) is 52.7 Å². The van der Waals surface area contributed by atoms with E-state index in [-0.39, 0.29) is 0 Å². The second-order valence-corrected chi connectivity index (χ2v) is 5.40. The maximum absolute atomic E-state index is 13.2. The molecule has 2 N–H and O–H groups in total. The summed E-state index contributed by atoms with van der Waals surface area (Å²) in [4.78, 5) is 8.67. The number of hydrogen-bond acceptors (Lipinski definition) is 3. The van der Waals surface area contributed by atoms with Crippen molar-refractivity contribution in [2.24, 2.45) is 4.99 Å². The summed E-state index contributed by atoms with van der Waals surface area (Å²) in [6, 6.07) is 3.52. The van der Waals surface area contributed by atoms with Gasteiger partial charge in [-0.1, -0.05) is 0 Å². The van der Waals surface area contributed by atoms with E-state index in [1.54, 1.807) is 0 Å². The molecular formula is C17H22F2N4O. The molecule has 0 amide bonds. The average Bonchev–Trinajstić information content (AvgIpc) is 2.82. The van der Waals surface area contributed by atoms with Crippen LogP contribution in [0.15, 0.2) is 27.6 Å². The van der Waals surface area contributed by atoms with Gasteiger partial charge in [-0.25, -0.2) is 18.8 Å². The number of halogens is 2. The van der Waals surface area contributed by atoms with Gasteiger partial charge in [-0.3, -0.25) is 0 Å². The predicted molar refractivity (Wildman–Crippen MR) is 88.9 cm³/mol. The third-order valence-electron chi connectivity index (χ3n) is 3.42. The summed E-state index contributed by atoms with van der Waals surface area (Å²) in [7, 11) is 0. The number of guanidine groups is 1. The highest BCUT2D eigenvalue weighted by molar-refractivity contribution is 5.79. The Balaban J connectivity index is 1.91. The molecule has 0 radical (unpaired) electrons. The summed E-state index contributed by atoms with van der Waals surface area (Å²) < 4.78 is 31.8. The van der Waals surface area contributed by atoms with Gasteiger partial charge in [0.25, 0.3) is 0 Å². The Kier molecular flexibility index (Phi) is 6.28. The number of hydrogen-bond donors (Lipinski definition) is 2. The van der Waals surface area contributed by atoms with Gasteiger partial charge >= 0.3 is 0 Å². The number of nitrogens with one attached hydrogen (secondary N) is 2. The molecule has 0 bridgehead atoms. The van der Waals surface area contributed by atoms with Crippen LogP contribution in [-0.4, -0.2) is 24.0 Å². The lowest BCUT2D eigenvalue weighted by Crippen LogP contribution is -2.38. The molecule has 0 aliphatic carbocycles. The molecule has 1 heterocycles. The van der Waals surface area contributed by atoms with Gasteiger partial charge < -0.3 is 15.1 Å². The molecule has 0 fully saturated rings. The Morgan fingerprint density at radius 1 is 1.17 bits per heavy atom. The standard InChI is InChI=1S/C17H22F2N4O/c1-4-20-17(22-10-16-23-11(2)12(3)24-16)21-6-5-13-7-14(18)9-15(19)8-13/h7-9H,4-6,10H2,1-3H3,(H2,20,21,22). The number of rotatable bonds is 6. The summed E-state index contributed by atoms with van der Waals surface area (Å²) in [5, 5.41) is 6.23. The van der Waals surface area contributed by atoms with Crippen LogP contribution in [0.3, 0.4) is 0 Å². The average molecular weight is 336 g/mol. The minimum absolute atomic E-state index is 0.318. The first-order chi connectivity index (χ1) is 11.5. The summed E-state index contributed by atoms with van der Waals surface area (Å²) in [6.07, 6.45) is 0.482. The van der Waals surface area contributed by atoms with E-state index in [9.17, 15) is 8.78 Å². The lowest BCUT2D eigenvalue weighted by Gasteiger charge is -2.11. The molecule has 0 aliphatic rings. The first-order valence-corrected chi connectivity index (χ1v) is 7.88. The molecule has 130 valence electrons. The summed E-state index contributed by atoms with van der Waals surface area (Å²) >= 11 is 0. The van der Waals surface area contributed by atoms with Gasteiger partial charge in [-0.15, -0.1) is 0 Å². The fourth-order valence-electron chi connectivity index (χ4n) is 2.18. The normalized spacial score (nSPS) is 11.6. The van der Waals surface area contributed by atoms with Crippen molar-refractivity contribution in [2.45, 2.75) is 33.7 Å². The van der Waals surface area contributed by atoms with Crippen LogP contribution < -0.4 is 10.6 Å². The van der Waals surface area contributed by atoms with Gasteiger partial charge in [-0.05, 0) is 44.9 Å². The highest BCUT2D eigenvalue weighted by Gasteiger charge is 2.06. The molecule has 2 aromatic rings. The number of oxazole rings is 1. The van der Waals surface area contributed by atoms with Gasteiger partial charge in [0.15, 0.2) is 5.96 Å². The van der Waals surface area contributed by atoms with Crippen molar-refractivity contribution in [1.82, 2.24) is 15.6 Å². The minimum Gasteiger partial charge on any atom is -0.444 e.